The van der Waals surface area contributed by atoms with E-state index in [1.54, 1.807) is 21.7 Å². The molecule has 0 rings (SSSR count). The first-order chi connectivity index (χ1) is 17.7. The third kappa shape index (κ3) is 39.7. The van der Waals surface area contributed by atoms with Crippen LogP contribution in [0.2, 0.25) is 8.87 Å². The minimum Gasteiger partial charge on any atom is -0.119 e. The Morgan fingerprint density at radius 1 is 0.444 bits per heavy atom. The van der Waals surface area contributed by atoms with E-state index in [4.69, 9.17) is 12.2 Å². The van der Waals surface area contributed by atoms with Crippen LogP contribution in [-0.4, -0.2) is 31.1 Å². The van der Waals surface area contributed by atoms with Gasteiger partial charge in [0.1, 0.15) is 0 Å². The van der Waals surface area contributed by atoms with E-state index in [0.29, 0.717) is 0 Å². The molecule has 216 valence electrons. The number of hydrogen-bond acceptors (Lipinski definition) is 2. The average Bonchev–Trinajstić information content (AvgIpc) is 2.88. The van der Waals surface area contributed by atoms with Gasteiger partial charge in [-0.2, -0.15) is 0 Å². The maximum atomic E-state index is 5.17. The van der Waals surface area contributed by atoms with Crippen LogP contribution in [0.15, 0.2) is 0 Å². The molecular weight excluding hydrogens is 579 g/mol. The van der Waals surface area contributed by atoms with Gasteiger partial charge in [0.25, 0.3) is 0 Å². The second-order valence-corrected chi connectivity index (χ2v) is 17.0. The number of thioether (sulfide) groups is 1. The smallest absolute Gasteiger partial charge is 0.119 e. The van der Waals surface area contributed by atoms with Crippen molar-refractivity contribution in [2.24, 2.45) is 0 Å². The van der Waals surface area contributed by atoms with Gasteiger partial charge in [-0.05, 0) is 18.6 Å². The molecule has 0 aliphatic carbocycles. The van der Waals surface area contributed by atoms with Crippen LogP contribution >= 0.6 is 24.0 Å². The molecule has 0 nitrogen and oxygen atoms in total. The number of hydrogen-bond donors (Lipinski definition) is 0. The van der Waals surface area contributed by atoms with Crippen LogP contribution in [-0.2, 0) is 0 Å². The predicted octanol–water partition coefficient (Wildman–Crippen LogP) is 13.4. The standard InChI is InChI=1S/2C12H25.C9H18S2.Sn/c2*1-3-5-7-9-11-12-10-8-6-4-2;1-3-5-6-8-11-9(10)7-4-2;/h2*1,3-12H2,2H3;3-8H2,1-2H3;. The minimum atomic E-state index is 0.0377. The van der Waals surface area contributed by atoms with E-state index in [1.165, 1.54) is 151 Å². The fourth-order valence-corrected chi connectivity index (χ4v) is 9.36. The zero-order valence-electron chi connectivity index (χ0n) is 25.6. The van der Waals surface area contributed by atoms with Crippen LogP contribution < -0.4 is 0 Å². The SMILES string of the molecule is CCCCCCCCCCC[CH2][Sn][CH2]CCCCCCCCCCC.CCCCCSC(=S)CCC. The van der Waals surface area contributed by atoms with Crippen LogP contribution in [0.3, 0.4) is 0 Å². The second kappa shape index (κ2) is 38.4. The molecule has 0 aliphatic rings. The number of unbranched alkanes of at least 4 members (excludes halogenated alkanes) is 20. The summed E-state index contributed by atoms with van der Waals surface area (Å²) < 4.78 is 4.53. The van der Waals surface area contributed by atoms with Gasteiger partial charge in [-0.25, -0.2) is 0 Å². The fourth-order valence-electron chi connectivity index (χ4n) is 4.41. The van der Waals surface area contributed by atoms with E-state index in [0.717, 1.165) is 6.42 Å². The van der Waals surface area contributed by atoms with Crippen LogP contribution in [0.4, 0.5) is 0 Å². The van der Waals surface area contributed by atoms with Crippen molar-refractivity contribution in [2.75, 3.05) is 5.75 Å². The van der Waals surface area contributed by atoms with Gasteiger partial charge >= 0.3 is 172 Å². The molecule has 0 saturated heterocycles. The molecule has 0 N–H and O–H groups in total. The maximum absolute atomic E-state index is 5.17. The van der Waals surface area contributed by atoms with Crippen LogP contribution in [0.25, 0.3) is 0 Å². The number of rotatable bonds is 28. The Balaban J connectivity index is 0. The van der Waals surface area contributed by atoms with Crippen molar-refractivity contribution in [1.29, 1.82) is 0 Å². The summed E-state index contributed by atoms with van der Waals surface area (Å²) in [5, 5.41) is 0. The molecule has 0 unspecified atom stereocenters. The molecule has 0 amide bonds. The molecule has 3 heteroatoms. The molecule has 0 spiro atoms. The van der Waals surface area contributed by atoms with E-state index >= 15 is 0 Å². The molecule has 0 saturated carbocycles. The molecular formula is C33H68S2Sn. The molecule has 0 aromatic rings. The molecule has 0 heterocycles. The zero-order chi connectivity index (χ0) is 26.8. The van der Waals surface area contributed by atoms with Gasteiger partial charge in [0, 0.05) is 4.20 Å². The summed E-state index contributed by atoms with van der Waals surface area (Å²) in [6.45, 7) is 9.02. The third-order valence-corrected chi connectivity index (χ3v) is 12.5. The van der Waals surface area contributed by atoms with Gasteiger partial charge in [-0.3, -0.25) is 0 Å². The summed E-state index contributed by atoms with van der Waals surface area (Å²) in [5.41, 5.74) is 0. The molecule has 0 atom stereocenters. The average molecular weight is 648 g/mol. The Labute approximate surface area is 250 Å². The Hall–Kier alpha value is 1.24. The first-order valence-electron chi connectivity index (χ1n) is 16.6. The van der Waals surface area contributed by atoms with Crippen LogP contribution in [0.5, 0.6) is 0 Å². The Kier molecular flexibility index (Phi) is 42.0. The first-order valence-corrected chi connectivity index (χ1v) is 22.0. The quantitative estimate of drug-likeness (QED) is 0.0471. The second-order valence-electron chi connectivity index (χ2n) is 10.8. The van der Waals surface area contributed by atoms with Crippen LogP contribution in [0.1, 0.15) is 188 Å². The van der Waals surface area contributed by atoms with E-state index in [-0.39, 0.29) is 21.1 Å². The van der Waals surface area contributed by atoms with Gasteiger partial charge in [0.2, 0.25) is 0 Å². The zero-order valence-corrected chi connectivity index (χ0v) is 30.1. The van der Waals surface area contributed by atoms with Crippen LogP contribution in [0, 0.1) is 0 Å². The minimum absolute atomic E-state index is 0.0377. The van der Waals surface area contributed by atoms with Crippen molar-refractivity contribution in [3.8, 4) is 0 Å². The third-order valence-electron chi connectivity index (χ3n) is 6.88. The number of thiocarbonyl (C=S) groups is 1. The van der Waals surface area contributed by atoms with Crippen molar-refractivity contribution in [3.05, 3.63) is 0 Å². The Bertz CT molecular complexity index is 364. The van der Waals surface area contributed by atoms with Crippen molar-refractivity contribution >= 4 is 49.3 Å². The predicted molar refractivity (Wildman–Crippen MR) is 179 cm³/mol. The van der Waals surface area contributed by atoms with E-state index < -0.39 is 0 Å². The topological polar surface area (TPSA) is 0 Å². The van der Waals surface area contributed by atoms with E-state index in [9.17, 15) is 0 Å². The molecule has 0 bridgehead atoms. The summed E-state index contributed by atoms with van der Waals surface area (Å²) in [6.07, 6.45) is 36.1. The molecule has 0 fully saturated rings. The van der Waals surface area contributed by atoms with Crippen molar-refractivity contribution in [1.82, 2.24) is 0 Å². The van der Waals surface area contributed by atoms with E-state index in [1.807, 2.05) is 11.8 Å². The Morgan fingerprint density at radius 3 is 1.14 bits per heavy atom. The van der Waals surface area contributed by atoms with E-state index in [2.05, 4.69) is 27.7 Å². The van der Waals surface area contributed by atoms with Gasteiger partial charge in [-0.1, -0.05) is 45.3 Å². The summed E-state index contributed by atoms with van der Waals surface area (Å²) in [7, 11) is 0. The van der Waals surface area contributed by atoms with Crippen molar-refractivity contribution in [2.45, 2.75) is 197 Å². The van der Waals surface area contributed by atoms with Crippen molar-refractivity contribution in [3.63, 3.8) is 0 Å². The summed E-state index contributed by atoms with van der Waals surface area (Å²) >= 11 is 7.08. The Morgan fingerprint density at radius 2 is 0.778 bits per heavy atom. The molecule has 0 aromatic heterocycles. The molecule has 0 aromatic carbocycles. The van der Waals surface area contributed by atoms with Gasteiger partial charge in [-0.15, -0.1) is 11.8 Å². The fraction of sp³-hybridized carbons (Fsp3) is 0.970. The molecule has 36 heavy (non-hydrogen) atoms. The van der Waals surface area contributed by atoms with Crippen molar-refractivity contribution < 1.29 is 0 Å². The van der Waals surface area contributed by atoms with Gasteiger partial charge in [0.05, 0.1) is 0 Å². The summed E-state index contributed by atoms with van der Waals surface area (Å²) in [6, 6.07) is 0. The van der Waals surface area contributed by atoms with Gasteiger partial charge in [0.15, 0.2) is 0 Å². The first kappa shape index (κ1) is 39.4. The molecule has 2 radical (unpaired) electrons. The summed E-state index contributed by atoms with van der Waals surface area (Å²) in [4.78, 5) is 0. The van der Waals surface area contributed by atoms with Gasteiger partial charge < -0.3 is 0 Å². The summed E-state index contributed by atoms with van der Waals surface area (Å²) in [5.74, 6) is 1.23. The normalized spacial score (nSPS) is 10.9. The monoisotopic (exact) mass is 648 g/mol. The molecule has 0 aliphatic heterocycles.